The fourth-order valence-electron chi connectivity index (χ4n) is 1.27. The van der Waals surface area contributed by atoms with Crippen molar-refractivity contribution in [2.75, 3.05) is 6.54 Å². The Hall–Kier alpha value is -0.810. The zero-order valence-corrected chi connectivity index (χ0v) is 8.59. The van der Waals surface area contributed by atoms with E-state index in [1.807, 2.05) is 6.07 Å². The van der Waals surface area contributed by atoms with Gasteiger partial charge in [-0.3, -0.25) is 0 Å². The summed E-state index contributed by atoms with van der Waals surface area (Å²) in [7, 11) is -3.02. The third kappa shape index (κ3) is 2.36. The monoisotopic (exact) mass is 215 g/mol. The molecule has 1 aliphatic rings. The van der Waals surface area contributed by atoms with E-state index >= 15 is 0 Å². The summed E-state index contributed by atoms with van der Waals surface area (Å²) in [5, 5.41) is -0.133. The molecule has 0 aliphatic heterocycles. The maximum Gasteiger partial charge on any atom is 0.214 e. The molecule has 1 aromatic heterocycles. The van der Waals surface area contributed by atoms with E-state index in [2.05, 4.69) is 4.72 Å². The van der Waals surface area contributed by atoms with E-state index in [1.165, 1.54) is 0 Å². The lowest BCUT2D eigenvalue weighted by Gasteiger charge is -2.03. The summed E-state index contributed by atoms with van der Waals surface area (Å²) in [5.41, 5.74) is 1.02. The maximum absolute atomic E-state index is 11.4. The Balaban J connectivity index is 1.78. The number of sulfonamides is 1. The predicted octanol–water partition coefficient (Wildman–Crippen LogP) is 0.904. The summed E-state index contributed by atoms with van der Waals surface area (Å²) >= 11 is 0. The first kappa shape index (κ1) is 9.73. The van der Waals surface area contributed by atoms with Gasteiger partial charge in [0.25, 0.3) is 0 Å². The summed E-state index contributed by atoms with van der Waals surface area (Å²) in [4.78, 5) is 0. The summed E-state index contributed by atoms with van der Waals surface area (Å²) in [6, 6.07) is 1.84. The number of rotatable bonds is 5. The van der Waals surface area contributed by atoms with Gasteiger partial charge in [0, 0.05) is 6.54 Å². The van der Waals surface area contributed by atoms with E-state index in [4.69, 9.17) is 4.42 Å². The number of nitrogens with one attached hydrogen (secondary N) is 1. The summed E-state index contributed by atoms with van der Waals surface area (Å²) in [5.74, 6) is 0. The molecule has 14 heavy (non-hydrogen) atoms. The molecule has 1 heterocycles. The molecule has 78 valence electrons. The minimum absolute atomic E-state index is 0.133. The van der Waals surface area contributed by atoms with Crippen LogP contribution in [0.4, 0.5) is 0 Å². The van der Waals surface area contributed by atoms with Gasteiger partial charge in [-0.1, -0.05) is 0 Å². The van der Waals surface area contributed by atoms with E-state index in [1.54, 1.807) is 12.5 Å². The third-order valence-electron chi connectivity index (χ3n) is 2.26. The van der Waals surface area contributed by atoms with E-state index in [0.29, 0.717) is 13.0 Å². The Morgan fingerprint density at radius 2 is 2.29 bits per heavy atom. The van der Waals surface area contributed by atoms with Crippen molar-refractivity contribution >= 4 is 10.0 Å². The summed E-state index contributed by atoms with van der Waals surface area (Å²) in [6.45, 7) is 0.457. The largest absolute Gasteiger partial charge is 0.472 e. The second kappa shape index (κ2) is 3.74. The van der Waals surface area contributed by atoms with Gasteiger partial charge >= 0.3 is 0 Å². The van der Waals surface area contributed by atoms with Crippen molar-refractivity contribution in [2.45, 2.75) is 24.5 Å². The Kier molecular flexibility index (Phi) is 2.60. The molecular formula is C9H13NO3S. The minimum atomic E-state index is -3.02. The smallest absolute Gasteiger partial charge is 0.214 e. The normalized spacial score (nSPS) is 17.1. The van der Waals surface area contributed by atoms with Crippen molar-refractivity contribution in [3.05, 3.63) is 24.2 Å². The van der Waals surface area contributed by atoms with Crippen LogP contribution in [0.3, 0.4) is 0 Å². The van der Waals surface area contributed by atoms with Gasteiger partial charge in [0.05, 0.1) is 17.8 Å². The quantitative estimate of drug-likeness (QED) is 0.794. The van der Waals surface area contributed by atoms with Crippen LogP contribution in [0, 0.1) is 0 Å². The van der Waals surface area contributed by atoms with Crippen molar-refractivity contribution in [3.8, 4) is 0 Å². The molecule has 5 heteroatoms. The molecule has 4 nitrogen and oxygen atoms in total. The topological polar surface area (TPSA) is 59.3 Å². The Bertz CT molecular complexity index is 378. The van der Waals surface area contributed by atoms with E-state index in [9.17, 15) is 8.42 Å². The highest BCUT2D eigenvalue weighted by Gasteiger charge is 2.35. The van der Waals surface area contributed by atoms with Crippen LogP contribution in [-0.2, 0) is 16.4 Å². The lowest BCUT2D eigenvalue weighted by atomic mass is 10.2. The number of hydrogen-bond donors (Lipinski definition) is 1. The highest BCUT2D eigenvalue weighted by atomic mass is 32.2. The molecule has 1 fully saturated rings. The van der Waals surface area contributed by atoms with E-state index in [-0.39, 0.29) is 5.25 Å². The van der Waals surface area contributed by atoms with Gasteiger partial charge in [-0.2, -0.15) is 0 Å². The fraction of sp³-hybridized carbons (Fsp3) is 0.556. The average Bonchev–Trinajstić information content (AvgIpc) is 2.87. The molecule has 0 radical (unpaired) electrons. The summed E-state index contributed by atoms with van der Waals surface area (Å²) < 4.78 is 30.2. The van der Waals surface area contributed by atoms with Crippen LogP contribution in [0.2, 0.25) is 0 Å². The molecule has 0 amide bonds. The lowest BCUT2D eigenvalue weighted by Crippen LogP contribution is -2.29. The van der Waals surface area contributed by atoms with Gasteiger partial charge in [-0.25, -0.2) is 13.1 Å². The highest BCUT2D eigenvalue weighted by molar-refractivity contribution is 7.90. The van der Waals surface area contributed by atoms with Gasteiger partial charge < -0.3 is 4.42 Å². The molecule has 1 aliphatic carbocycles. The van der Waals surface area contributed by atoms with Gasteiger partial charge in [0.15, 0.2) is 0 Å². The van der Waals surface area contributed by atoms with Crippen molar-refractivity contribution in [3.63, 3.8) is 0 Å². The van der Waals surface area contributed by atoms with Crippen LogP contribution in [0.1, 0.15) is 18.4 Å². The van der Waals surface area contributed by atoms with Crippen LogP contribution in [0.25, 0.3) is 0 Å². The predicted molar refractivity (Wildman–Crippen MR) is 52.4 cm³/mol. The maximum atomic E-state index is 11.4. The zero-order valence-electron chi connectivity index (χ0n) is 7.77. The second-order valence-electron chi connectivity index (χ2n) is 3.52. The molecule has 0 spiro atoms. The fourth-order valence-corrected chi connectivity index (χ4v) is 2.65. The molecular weight excluding hydrogens is 202 g/mol. The van der Waals surface area contributed by atoms with Crippen LogP contribution in [0.5, 0.6) is 0 Å². The van der Waals surface area contributed by atoms with E-state index in [0.717, 1.165) is 18.4 Å². The molecule has 0 atom stereocenters. The minimum Gasteiger partial charge on any atom is -0.472 e. The zero-order chi connectivity index (χ0) is 10.0. The Morgan fingerprint density at radius 3 is 2.86 bits per heavy atom. The number of hydrogen-bond acceptors (Lipinski definition) is 3. The van der Waals surface area contributed by atoms with Crippen LogP contribution in [0.15, 0.2) is 23.0 Å². The van der Waals surface area contributed by atoms with Gasteiger partial charge in [-0.05, 0) is 30.9 Å². The van der Waals surface area contributed by atoms with Crippen LogP contribution in [-0.4, -0.2) is 20.2 Å². The van der Waals surface area contributed by atoms with Gasteiger partial charge in [0.1, 0.15) is 0 Å². The molecule has 1 saturated carbocycles. The number of furan rings is 1. The van der Waals surface area contributed by atoms with E-state index < -0.39 is 10.0 Å². The Labute approximate surface area is 83.4 Å². The molecule has 0 saturated heterocycles. The SMILES string of the molecule is O=S(=O)(NCCc1ccoc1)C1CC1. The first-order valence-electron chi connectivity index (χ1n) is 4.68. The lowest BCUT2D eigenvalue weighted by molar-refractivity contribution is 0.562. The molecule has 0 aromatic carbocycles. The van der Waals surface area contributed by atoms with Crippen LogP contribution < -0.4 is 4.72 Å². The van der Waals surface area contributed by atoms with Crippen molar-refractivity contribution < 1.29 is 12.8 Å². The molecule has 0 bridgehead atoms. The average molecular weight is 215 g/mol. The first-order chi connectivity index (χ1) is 6.68. The third-order valence-corrected chi connectivity index (χ3v) is 4.22. The summed E-state index contributed by atoms with van der Waals surface area (Å²) in [6.07, 6.45) is 5.51. The second-order valence-corrected chi connectivity index (χ2v) is 5.57. The molecule has 1 N–H and O–H groups in total. The first-order valence-corrected chi connectivity index (χ1v) is 6.23. The molecule has 1 aromatic rings. The van der Waals surface area contributed by atoms with Crippen molar-refractivity contribution in [1.82, 2.24) is 4.72 Å². The van der Waals surface area contributed by atoms with Gasteiger partial charge in [0.2, 0.25) is 10.0 Å². The molecule has 0 unspecified atom stereocenters. The van der Waals surface area contributed by atoms with Crippen molar-refractivity contribution in [2.24, 2.45) is 0 Å². The molecule has 2 rings (SSSR count). The van der Waals surface area contributed by atoms with Gasteiger partial charge in [-0.15, -0.1) is 0 Å². The Morgan fingerprint density at radius 1 is 1.50 bits per heavy atom. The highest BCUT2D eigenvalue weighted by Crippen LogP contribution is 2.27. The van der Waals surface area contributed by atoms with Crippen molar-refractivity contribution in [1.29, 1.82) is 0 Å². The van der Waals surface area contributed by atoms with Crippen LogP contribution >= 0.6 is 0 Å². The standard InChI is InChI=1S/C9H13NO3S/c11-14(12,9-1-2-9)10-5-3-8-4-6-13-7-8/h4,6-7,9-10H,1-3,5H2.